The summed E-state index contributed by atoms with van der Waals surface area (Å²) in [5.74, 6) is 0.849. The van der Waals surface area contributed by atoms with Crippen molar-refractivity contribution in [3.8, 4) is 0 Å². The zero-order valence-corrected chi connectivity index (χ0v) is 14.0. The SMILES string of the molecule is c1cc(CN2CCC3(CC2)CO[C@@H](COCC2CC2)C3)ccn1. The minimum atomic E-state index is 0.334. The normalized spacial score (nSPS) is 27.6. The number of rotatable bonds is 6. The molecular formula is C19H28N2O2. The van der Waals surface area contributed by atoms with E-state index in [1.807, 2.05) is 12.4 Å². The first kappa shape index (κ1) is 15.6. The van der Waals surface area contributed by atoms with Gasteiger partial charge in [0, 0.05) is 25.5 Å². The lowest BCUT2D eigenvalue weighted by Gasteiger charge is -2.38. The Labute approximate surface area is 139 Å². The molecule has 23 heavy (non-hydrogen) atoms. The number of aromatic nitrogens is 1. The number of piperidine rings is 1. The van der Waals surface area contributed by atoms with Crippen molar-refractivity contribution >= 4 is 0 Å². The van der Waals surface area contributed by atoms with Crippen LogP contribution in [0.1, 0.15) is 37.7 Å². The first-order chi connectivity index (χ1) is 11.3. The number of hydrogen-bond donors (Lipinski definition) is 0. The summed E-state index contributed by atoms with van der Waals surface area (Å²) >= 11 is 0. The van der Waals surface area contributed by atoms with Crippen molar-refractivity contribution in [2.75, 3.05) is 32.9 Å². The first-order valence-corrected chi connectivity index (χ1v) is 9.12. The number of nitrogens with zero attached hydrogens (tertiary/aromatic N) is 2. The minimum Gasteiger partial charge on any atom is -0.378 e. The van der Waals surface area contributed by atoms with Crippen molar-refractivity contribution in [3.05, 3.63) is 30.1 Å². The zero-order chi connectivity index (χ0) is 15.5. The fraction of sp³-hybridized carbons (Fsp3) is 0.737. The van der Waals surface area contributed by atoms with Gasteiger partial charge in [-0.3, -0.25) is 9.88 Å². The molecule has 0 unspecified atom stereocenters. The van der Waals surface area contributed by atoms with Crippen molar-refractivity contribution in [3.63, 3.8) is 0 Å². The first-order valence-electron chi connectivity index (χ1n) is 9.12. The molecule has 4 heteroatoms. The topological polar surface area (TPSA) is 34.6 Å². The van der Waals surface area contributed by atoms with Crippen molar-refractivity contribution in [2.45, 2.75) is 44.8 Å². The van der Waals surface area contributed by atoms with E-state index in [1.165, 1.54) is 50.8 Å². The van der Waals surface area contributed by atoms with Gasteiger partial charge in [0.1, 0.15) is 0 Å². The predicted molar refractivity (Wildman–Crippen MR) is 89.1 cm³/mol. The van der Waals surface area contributed by atoms with E-state index in [0.29, 0.717) is 11.5 Å². The molecule has 4 nitrogen and oxygen atoms in total. The molecule has 0 N–H and O–H groups in total. The van der Waals surface area contributed by atoms with Crippen LogP contribution in [-0.2, 0) is 16.0 Å². The molecule has 1 spiro atoms. The molecule has 0 amide bonds. The quantitative estimate of drug-likeness (QED) is 0.808. The van der Waals surface area contributed by atoms with Crippen LogP contribution in [0.3, 0.4) is 0 Å². The van der Waals surface area contributed by atoms with Crippen LogP contribution in [-0.4, -0.2) is 48.9 Å². The molecule has 3 aliphatic rings. The Morgan fingerprint density at radius 1 is 1.17 bits per heavy atom. The van der Waals surface area contributed by atoms with E-state index in [-0.39, 0.29) is 0 Å². The Hall–Kier alpha value is -0.970. The Balaban J connectivity index is 1.21. The van der Waals surface area contributed by atoms with Crippen LogP contribution >= 0.6 is 0 Å². The zero-order valence-electron chi connectivity index (χ0n) is 14.0. The van der Waals surface area contributed by atoms with Crippen LogP contribution in [0.5, 0.6) is 0 Å². The van der Waals surface area contributed by atoms with Gasteiger partial charge in [0.25, 0.3) is 0 Å². The van der Waals surface area contributed by atoms with E-state index in [4.69, 9.17) is 9.47 Å². The molecule has 1 aromatic heterocycles. The van der Waals surface area contributed by atoms with Gasteiger partial charge in [-0.2, -0.15) is 0 Å². The van der Waals surface area contributed by atoms with Gasteiger partial charge in [-0.1, -0.05) is 0 Å². The summed E-state index contributed by atoms with van der Waals surface area (Å²) in [6.07, 6.45) is 10.6. The summed E-state index contributed by atoms with van der Waals surface area (Å²) in [4.78, 5) is 6.66. The van der Waals surface area contributed by atoms with Gasteiger partial charge in [-0.15, -0.1) is 0 Å². The maximum Gasteiger partial charge on any atom is 0.0814 e. The molecule has 126 valence electrons. The van der Waals surface area contributed by atoms with Crippen LogP contribution in [0.2, 0.25) is 0 Å². The van der Waals surface area contributed by atoms with Crippen LogP contribution in [0.25, 0.3) is 0 Å². The van der Waals surface area contributed by atoms with Gasteiger partial charge in [0.2, 0.25) is 0 Å². The average molecular weight is 316 g/mol. The highest BCUT2D eigenvalue weighted by atomic mass is 16.5. The van der Waals surface area contributed by atoms with Gasteiger partial charge in [-0.05, 0) is 74.2 Å². The second kappa shape index (κ2) is 6.88. The van der Waals surface area contributed by atoms with Crippen LogP contribution in [0.4, 0.5) is 0 Å². The molecule has 1 aromatic rings. The third-order valence-corrected chi connectivity index (χ3v) is 5.71. The molecule has 2 saturated heterocycles. The van der Waals surface area contributed by atoms with Gasteiger partial charge in [0.05, 0.1) is 19.3 Å². The van der Waals surface area contributed by atoms with E-state index in [0.717, 1.165) is 32.3 Å². The lowest BCUT2D eigenvalue weighted by atomic mass is 9.76. The van der Waals surface area contributed by atoms with E-state index < -0.39 is 0 Å². The minimum absolute atomic E-state index is 0.334. The van der Waals surface area contributed by atoms with Crippen molar-refractivity contribution in [1.82, 2.24) is 9.88 Å². The number of pyridine rings is 1. The van der Waals surface area contributed by atoms with E-state index in [1.54, 1.807) is 0 Å². The van der Waals surface area contributed by atoms with E-state index in [2.05, 4.69) is 22.0 Å². The predicted octanol–water partition coefficient (Wildman–Crippen LogP) is 2.88. The summed E-state index contributed by atoms with van der Waals surface area (Å²) in [7, 11) is 0. The molecule has 4 rings (SSSR count). The molecule has 3 fully saturated rings. The molecule has 3 heterocycles. The fourth-order valence-electron chi connectivity index (χ4n) is 3.93. The monoisotopic (exact) mass is 316 g/mol. The summed E-state index contributed by atoms with van der Waals surface area (Å²) in [6.45, 7) is 6.11. The van der Waals surface area contributed by atoms with Gasteiger partial charge < -0.3 is 9.47 Å². The summed E-state index contributed by atoms with van der Waals surface area (Å²) in [6, 6.07) is 4.24. The van der Waals surface area contributed by atoms with Crippen molar-refractivity contribution in [2.24, 2.45) is 11.3 Å². The van der Waals surface area contributed by atoms with Crippen LogP contribution in [0.15, 0.2) is 24.5 Å². The number of ether oxygens (including phenoxy) is 2. The Bertz CT molecular complexity index is 495. The Kier molecular flexibility index (Phi) is 4.65. The third kappa shape index (κ3) is 4.11. The van der Waals surface area contributed by atoms with E-state index in [9.17, 15) is 0 Å². The van der Waals surface area contributed by atoms with Gasteiger partial charge in [-0.25, -0.2) is 0 Å². The average Bonchev–Trinajstić information content (AvgIpc) is 3.32. The lowest BCUT2D eigenvalue weighted by Crippen LogP contribution is -2.40. The Morgan fingerprint density at radius 3 is 2.70 bits per heavy atom. The third-order valence-electron chi connectivity index (χ3n) is 5.71. The summed E-state index contributed by atoms with van der Waals surface area (Å²) in [5, 5.41) is 0. The smallest absolute Gasteiger partial charge is 0.0814 e. The molecule has 0 bridgehead atoms. The molecule has 2 aliphatic heterocycles. The summed E-state index contributed by atoms with van der Waals surface area (Å²) < 4.78 is 11.9. The number of hydrogen-bond acceptors (Lipinski definition) is 4. The van der Waals surface area contributed by atoms with Crippen molar-refractivity contribution < 1.29 is 9.47 Å². The summed E-state index contributed by atoms with van der Waals surface area (Å²) in [5.41, 5.74) is 1.78. The second-order valence-electron chi connectivity index (χ2n) is 7.75. The highest BCUT2D eigenvalue weighted by molar-refractivity contribution is 5.09. The lowest BCUT2D eigenvalue weighted by molar-refractivity contribution is 0.00917. The molecule has 0 aromatic carbocycles. The Morgan fingerprint density at radius 2 is 1.96 bits per heavy atom. The maximum atomic E-state index is 6.05. The largest absolute Gasteiger partial charge is 0.378 e. The molecule has 0 radical (unpaired) electrons. The highest BCUT2D eigenvalue weighted by Gasteiger charge is 2.42. The second-order valence-corrected chi connectivity index (χ2v) is 7.75. The standard InChI is InChI=1S/C19H28N2O2/c1-2-17(1)13-22-14-18-11-19(15-23-18)5-9-21(10-6-19)12-16-3-7-20-8-4-16/h3-4,7-8,17-18H,1-2,5-6,9-15H2/t18-/m1/s1. The molecule has 1 saturated carbocycles. The van der Waals surface area contributed by atoms with E-state index >= 15 is 0 Å². The number of likely N-dealkylation sites (tertiary alicyclic amines) is 1. The van der Waals surface area contributed by atoms with Crippen LogP contribution in [0, 0.1) is 11.3 Å². The van der Waals surface area contributed by atoms with Crippen molar-refractivity contribution in [1.29, 1.82) is 0 Å². The fourth-order valence-corrected chi connectivity index (χ4v) is 3.93. The van der Waals surface area contributed by atoms with Gasteiger partial charge >= 0.3 is 0 Å². The molecule has 1 aliphatic carbocycles. The highest BCUT2D eigenvalue weighted by Crippen LogP contribution is 2.42. The van der Waals surface area contributed by atoms with Crippen LogP contribution < -0.4 is 0 Å². The maximum absolute atomic E-state index is 6.05. The molecular weight excluding hydrogens is 288 g/mol. The van der Waals surface area contributed by atoms with Gasteiger partial charge in [0.15, 0.2) is 0 Å². The molecule has 1 atom stereocenters.